The quantitative estimate of drug-likeness (QED) is 0.367. The van der Waals surface area contributed by atoms with Crippen molar-refractivity contribution in [1.29, 1.82) is 0 Å². The second kappa shape index (κ2) is 9.77. The number of amides is 2. The molecule has 2 N–H and O–H groups in total. The van der Waals surface area contributed by atoms with Gasteiger partial charge in [0.05, 0.1) is 27.0 Å². The molecule has 174 valence electrons. The molecule has 3 aromatic rings. The first-order valence-electron chi connectivity index (χ1n) is 9.96. The zero-order valence-corrected chi connectivity index (χ0v) is 18.2. The second-order valence-electron chi connectivity index (χ2n) is 7.74. The van der Waals surface area contributed by atoms with E-state index in [0.29, 0.717) is 11.3 Å². The number of nitro groups is 2. The van der Waals surface area contributed by atoms with Gasteiger partial charge >= 0.3 is 6.09 Å². The fourth-order valence-electron chi connectivity index (χ4n) is 3.01. The van der Waals surface area contributed by atoms with Crippen LogP contribution >= 0.6 is 0 Å². The molecule has 0 aliphatic rings. The summed E-state index contributed by atoms with van der Waals surface area (Å²) in [5.74, 6) is -0.291. The maximum absolute atomic E-state index is 12.9. The van der Waals surface area contributed by atoms with Crippen LogP contribution in [0.15, 0.2) is 72.8 Å². The first-order valence-corrected chi connectivity index (χ1v) is 9.96. The molecule has 11 heteroatoms. The van der Waals surface area contributed by atoms with Gasteiger partial charge in [-0.05, 0) is 43.7 Å². The molecule has 0 aliphatic carbocycles. The van der Waals surface area contributed by atoms with Gasteiger partial charge < -0.3 is 10.1 Å². The van der Waals surface area contributed by atoms with Crippen LogP contribution in [0, 0.1) is 20.2 Å². The van der Waals surface area contributed by atoms with Crippen molar-refractivity contribution < 1.29 is 24.2 Å². The molecule has 0 aliphatic heterocycles. The number of nitrogens with one attached hydrogen (secondary N) is 2. The largest absolute Gasteiger partial charge is 0.417 e. The van der Waals surface area contributed by atoms with E-state index in [-0.39, 0.29) is 11.4 Å². The van der Waals surface area contributed by atoms with Crippen LogP contribution in [0.2, 0.25) is 0 Å². The summed E-state index contributed by atoms with van der Waals surface area (Å²) in [6.07, 6.45) is -0.678. The van der Waals surface area contributed by atoms with Crippen LogP contribution in [0.5, 0.6) is 5.75 Å². The molecule has 0 unspecified atom stereocenters. The average Bonchev–Trinajstić information content (AvgIpc) is 2.79. The van der Waals surface area contributed by atoms with Gasteiger partial charge in [-0.1, -0.05) is 30.3 Å². The first kappa shape index (κ1) is 23.9. The summed E-state index contributed by atoms with van der Waals surface area (Å²) in [7, 11) is 0. The second-order valence-corrected chi connectivity index (χ2v) is 7.74. The first-order chi connectivity index (χ1) is 16.1. The molecule has 0 radical (unpaired) electrons. The Labute approximate surface area is 193 Å². The zero-order chi connectivity index (χ0) is 24.9. The van der Waals surface area contributed by atoms with Crippen LogP contribution in [-0.4, -0.2) is 21.8 Å². The summed E-state index contributed by atoms with van der Waals surface area (Å²) in [6, 6.07) is 17.9. The van der Waals surface area contributed by atoms with Gasteiger partial charge in [-0.25, -0.2) is 4.79 Å². The minimum absolute atomic E-state index is 0.0727. The van der Waals surface area contributed by atoms with Gasteiger partial charge in [0.2, 0.25) is 5.91 Å². The summed E-state index contributed by atoms with van der Waals surface area (Å²) < 4.78 is 5.24. The SMILES string of the molecule is CC(C)(C(=O)Nc1cc([N+](=O)[O-])cc([N+](=O)[O-])c1)c1ccc(OC(=O)Nc2ccccc2)cc1. The Bertz CT molecular complexity index is 1210. The highest BCUT2D eigenvalue weighted by Gasteiger charge is 2.31. The van der Waals surface area contributed by atoms with Gasteiger partial charge in [-0.3, -0.25) is 30.3 Å². The van der Waals surface area contributed by atoms with Crippen molar-refractivity contribution in [3.63, 3.8) is 0 Å². The number of hydrogen-bond donors (Lipinski definition) is 2. The minimum atomic E-state index is -1.12. The van der Waals surface area contributed by atoms with Crippen LogP contribution in [0.3, 0.4) is 0 Å². The number of hydrogen-bond acceptors (Lipinski definition) is 7. The molecule has 0 heterocycles. The Kier molecular flexibility index (Phi) is 6.86. The predicted octanol–water partition coefficient (Wildman–Crippen LogP) is 5.03. The number of ether oxygens (including phenoxy) is 1. The fraction of sp³-hybridized carbons (Fsp3) is 0.130. The Balaban J connectivity index is 1.72. The lowest BCUT2D eigenvalue weighted by Gasteiger charge is -2.24. The van der Waals surface area contributed by atoms with E-state index in [2.05, 4.69) is 10.6 Å². The minimum Gasteiger partial charge on any atom is -0.410 e. The summed E-state index contributed by atoms with van der Waals surface area (Å²) in [4.78, 5) is 45.5. The number of carbonyl (C=O) groups excluding carboxylic acids is 2. The predicted molar refractivity (Wildman–Crippen MR) is 124 cm³/mol. The molecule has 0 spiro atoms. The van der Waals surface area contributed by atoms with Crippen molar-refractivity contribution in [2.45, 2.75) is 19.3 Å². The Morgan fingerprint density at radius 2 is 1.35 bits per heavy atom. The van der Waals surface area contributed by atoms with Crippen molar-refractivity contribution in [2.24, 2.45) is 0 Å². The third kappa shape index (κ3) is 5.71. The lowest BCUT2D eigenvalue weighted by Crippen LogP contribution is -2.34. The van der Waals surface area contributed by atoms with Crippen LogP contribution < -0.4 is 15.4 Å². The van der Waals surface area contributed by atoms with Crippen molar-refractivity contribution in [3.8, 4) is 5.75 Å². The zero-order valence-electron chi connectivity index (χ0n) is 18.2. The number of para-hydroxylation sites is 1. The van der Waals surface area contributed by atoms with E-state index >= 15 is 0 Å². The molecule has 0 bridgehead atoms. The van der Waals surface area contributed by atoms with Gasteiger partial charge in [0.25, 0.3) is 11.4 Å². The van der Waals surface area contributed by atoms with E-state index in [1.807, 2.05) is 6.07 Å². The maximum Gasteiger partial charge on any atom is 0.417 e. The number of benzene rings is 3. The molecular weight excluding hydrogens is 444 g/mol. The molecule has 0 saturated heterocycles. The van der Waals surface area contributed by atoms with Crippen molar-refractivity contribution in [2.75, 3.05) is 10.6 Å². The highest BCUT2D eigenvalue weighted by molar-refractivity contribution is 5.99. The Hall–Kier alpha value is -4.80. The highest BCUT2D eigenvalue weighted by atomic mass is 16.6. The van der Waals surface area contributed by atoms with Gasteiger partial charge in [0.15, 0.2) is 0 Å². The maximum atomic E-state index is 12.9. The number of rotatable bonds is 7. The number of anilines is 2. The summed E-state index contributed by atoms with van der Waals surface area (Å²) in [6.45, 7) is 3.23. The topological polar surface area (TPSA) is 154 Å². The highest BCUT2D eigenvalue weighted by Crippen LogP contribution is 2.30. The number of nitro benzene ring substituents is 2. The van der Waals surface area contributed by atoms with E-state index < -0.39 is 38.6 Å². The number of carbonyl (C=O) groups is 2. The van der Waals surface area contributed by atoms with Crippen LogP contribution in [0.4, 0.5) is 27.5 Å². The van der Waals surface area contributed by atoms with E-state index in [1.165, 1.54) is 12.1 Å². The van der Waals surface area contributed by atoms with Gasteiger partial charge in [0, 0.05) is 17.8 Å². The van der Waals surface area contributed by atoms with E-state index in [9.17, 15) is 29.8 Å². The molecule has 2 amide bonds. The standard InChI is InChI=1S/C23H20N4O7/c1-23(2,21(28)24-17-12-18(26(30)31)14-19(13-17)27(32)33)15-8-10-20(11-9-15)34-22(29)25-16-6-4-3-5-7-16/h3-14H,1-2H3,(H,24,28)(H,25,29). The summed E-state index contributed by atoms with van der Waals surface area (Å²) in [5, 5.41) is 27.2. The van der Waals surface area contributed by atoms with Crippen LogP contribution in [0.1, 0.15) is 19.4 Å². The fourth-order valence-corrected chi connectivity index (χ4v) is 3.01. The van der Waals surface area contributed by atoms with Crippen LogP contribution in [-0.2, 0) is 10.2 Å². The Morgan fingerprint density at radius 3 is 1.88 bits per heavy atom. The van der Waals surface area contributed by atoms with E-state index in [1.54, 1.807) is 50.2 Å². The van der Waals surface area contributed by atoms with E-state index in [0.717, 1.165) is 18.2 Å². The summed E-state index contributed by atoms with van der Waals surface area (Å²) in [5.41, 5.74) is -1.10. The number of non-ortho nitro benzene ring substituents is 2. The molecular formula is C23H20N4O7. The molecule has 3 rings (SSSR count). The van der Waals surface area contributed by atoms with Crippen molar-refractivity contribution in [1.82, 2.24) is 0 Å². The normalized spacial score (nSPS) is 10.8. The monoisotopic (exact) mass is 464 g/mol. The molecule has 0 fully saturated rings. The average molecular weight is 464 g/mol. The molecule has 0 saturated carbocycles. The summed E-state index contributed by atoms with van der Waals surface area (Å²) >= 11 is 0. The van der Waals surface area contributed by atoms with E-state index in [4.69, 9.17) is 4.74 Å². The lowest BCUT2D eigenvalue weighted by molar-refractivity contribution is -0.394. The molecule has 0 aromatic heterocycles. The third-order valence-electron chi connectivity index (χ3n) is 4.96. The van der Waals surface area contributed by atoms with Crippen LogP contribution in [0.25, 0.3) is 0 Å². The molecule has 0 atom stereocenters. The number of nitrogens with zero attached hydrogens (tertiary/aromatic N) is 2. The smallest absolute Gasteiger partial charge is 0.410 e. The third-order valence-corrected chi connectivity index (χ3v) is 4.96. The molecule has 34 heavy (non-hydrogen) atoms. The molecule has 11 nitrogen and oxygen atoms in total. The Morgan fingerprint density at radius 1 is 0.794 bits per heavy atom. The van der Waals surface area contributed by atoms with Crippen molar-refractivity contribution in [3.05, 3.63) is 98.6 Å². The van der Waals surface area contributed by atoms with Crippen molar-refractivity contribution >= 4 is 34.7 Å². The molecule has 3 aromatic carbocycles. The van der Waals surface area contributed by atoms with Gasteiger partial charge in [0.1, 0.15) is 5.75 Å². The lowest BCUT2D eigenvalue weighted by atomic mass is 9.83. The van der Waals surface area contributed by atoms with Gasteiger partial charge in [-0.2, -0.15) is 0 Å². The van der Waals surface area contributed by atoms with Gasteiger partial charge in [-0.15, -0.1) is 0 Å².